The Labute approximate surface area is 166 Å². The van der Waals surface area contributed by atoms with Crippen molar-refractivity contribution in [1.29, 1.82) is 0 Å². The summed E-state index contributed by atoms with van der Waals surface area (Å²) >= 11 is 0. The number of hydrogen-bond donors (Lipinski definition) is 2. The highest BCUT2D eigenvalue weighted by atomic mass is 16.5. The van der Waals surface area contributed by atoms with Crippen LogP contribution in [-0.2, 0) is 9.53 Å². The number of para-hydroxylation sites is 2. The van der Waals surface area contributed by atoms with Gasteiger partial charge in [0.25, 0.3) is 0 Å². The molecule has 1 heterocycles. The van der Waals surface area contributed by atoms with E-state index in [-0.39, 0.29) is 24.7 Å². The summed E-state index contributed by atoms with van der Waals surface area (Å²) < 4.78 is 17.1. The summed E-state index contributed by atoms with van der Waals surface area (Å²) in [6.07, 6.45) is 2.38. The largest absolute Gasteiger partial charge is 0.491 e. The van der Waals surface area contributed by atoms with Gasteiger partial charge < -0.3 is 24.8 Å². The fourth-order valence-corrected chi connectivity index (χ4v) is 2.97. The van der Waals surface area contributed by atoms with E-state index in [0.717, 1.165) is 42.3 Å². The summed E-state index contributed by atoms with van der Waals surface area (Å²) in [6, 6.07) is 15.0. The Kier molecular flexibility index (Phi) is 7.14. The van der Waals surface area contributed by atoms with Crippen molar-refractivity contribution in [3.63, 3.8) is 0 Å². The number of amides is 1. The molecule has 2 aromatic carbocycles. The molecule has 1 aliphatic heterocycles. The Morgan fingerprint density at radius 1 is 1.18 bits per heavy atom. The van der Waals surface area contributed by atoms with Gasteiger partial charge in [0.15, 0.2) is 0 Å². The van der Waals surface area contributed by atoms with Gasteiger partial charge in [-0.3, -0.25) is 4.79 Å². The lowest BCUT2D eigenvalue weighted by Gasteiger charge is -2.15. The first-order valence-electron chi connectivity index (χ1n) is 9.74. The number of hydrogen-bond acceptors (Lipinski definition) is 5. The number of anilines is 2. The number of nitrogens with one attached hydrogen (secondary N) is 2. The first kappa shape index (κ1) is 20.0. The zero-order chi connectivity index (χ0) is 19.8. The van der Waals surface area contributed by atoms with Crippen molar-refractivity contribution in [3.05, 3.63) is 48.5 Å². The molecule has 0 aromatic heterocycles. The van der Waals surface area contributed by atoms with Gasteiger partial charge in [0, 0.05) is 12.3 Å². The van der Waals surface area contributed by atoms with Crippen LogP contribution in [0.4, 0.5) is 11.4 Å². The summed E-state index contributed by atoms with van der Waals surface area (Å²) in [4.78, 5) is 12.3. The van der Waals surface area contributed by atoms with Crippen LogP contribution in [0.5, 0.6) is 11.5 Å². The smallest absolute Gasteiger partial charge is 0.243 e. The molecule has 150 valence electrons. The third-order valence-corrected chi connectivity index (χ3v) is 4.29. The second-order valence-corrected chi connectivity index (χ2v) is 7.03. The van der Waals surface area contributed by atoms with Crippen LogP contribution in [0.15, 0.2) is 48.5 Å². The maximum Gasteiger partial charge on any atom is 0.243 e. The highest BCUT2D eigenvalue weighted by Gasteiger charge is 2.16. The highest BCUT2D eigenvalue weighted by molar-refractivity contribution is 5.94. The average molecular weight is 384 g/mol. The van der Waals surface area contributed by atoms with Crippen LogP contribution in [0, 0.1) is 0 Å². The minimum absolute atomic E-state index is 0.118. The molecule has 0 bridgehead atoms. The molecule has 1 atom stereocenters. The molecule has 3 rings (SSSR count). The molecular formula is C22H28N2O4. The maximum absolute atomic E-state index is 12.3. The molecular weight excluding hydrogens is 356 g/mol. The molecule has 6 nitrogen and oxygen atoms in total. The Balaban J connectivity index is 1.48. The highest BCUT2D eigenvalue weighted by Crippen LogP contribution is 2.25. The second kappa shape index (κ2) is 9.99. The van der Waals surface area contributed by atoms with Crippen molar-refractivity contribution in [2.75, 3.05) is 30.4 Å². The zero-order valence-electron chi connectivity index (χ0n) is 16.4. The van der Waals surface area contributed by atoms with Crippen LogP contribution in [0.2, 0.25) is 0 Å². The van der Waals surface area contributed by atoms with Gasteiger partial charge in [0.2, 0.25) is 5.91 Å². The van der Waals surface area contributed by atoms with Gasteiger partial charge in [0.1, 0.15) is 18.1 Å². The van der Waals surface area contributed by atoms with Gasteiger partial charge in [-0.15, -0.1) is 0 Å². The van der Waals surface area contributed by atoms with E-state index < -0.39 is 0 Å². The van der Waals surface area contributed by atoms with Crippen molar-refractivity contribution >= 4 is 17.3 Å². The molecule has 2 aromatic rings. The maximum atomic E-state index is 12.3. The normalized spacial score (nSPS) is 16.0. The molecule has 0 spiro atoms. The van der Waals surface area contributed by atoms with Gasteiger partial charge in [-0.1, -0.05) is 12.1 Å². The van der Waals surface area contributed by atoms with E-state index in [0.29, 0.717) is 6.61 Å². The predicted octanol–water partition coefficient (Wildman–Crippen LogP) is 4.08. The van der Waals surface area contributed by atoms with Gasteiger partial charge >= 0.3 is 0 Å². The standard InChI is InChI=1S/C22H28N2O4/c1-16(2)28-18-11-9-17(10-12-18)24-22(25)14-23-20-7-3-4-8-21(20)27-15-19-6-5-13-26-19/h3-4,7-12,16,19,23H,5-6,13-15H2,1-2H3,(H,24,25). The van der Waals surface area contributed by atoms with Crippen LogP contribution in [0.25, 0.3) is 0 Å². The van der Waals surface area contributed by atoms with Crippen LogP contribution in [-0.4, -0.2) is 37.9 Å². The second-order valence-electron chi connectivity index (χ2n) is 7.03. The quantitative estimate of drug-likeness (QED) is 0.682. The molecule has 28 heavy (non-hydrogen) atoms. The average Bonchev–Trinajstić information content (AvgIpc) is 3.20. The Hall–Kier alpha value is -2.73. The SMILES string of the molecule is CC(C)Oc1ccc(NC(=O)CNc2ccccc2OCC2CCCO2)cc1. The van der Waals surface area contributed by atoms with E-state index in [1.165, 1.54) is 0 Å². The van der Waals surface area contributed by atoms with E-state index >= 15 is 0 Å². The van der Waals surface area contributed by atoms with Crippen molar-refractivity contribution < 1.29 is 19.0 Å². The lowest BCUT2D eigenvalue weighted by Crippen LogP contribution is -2.22. The number of benzene rings is 2. The first-order valence-corrected chi connectivity index (χ1v) is 9.74. The molecule has 1 aliphatic rings. The summed E-state index contributed by atoms with van der Waals surface area (Å²) in [5, 5.41) is 6.01. The summed E-state index contributed by atoms with van der Waals surface area (Å²) in [7, 11) is 0. The molecule has 2 N–H and O–H groups in total. The lowest BCUT2D eigenvalue weighted by atomic mass is 10.2. The Morgan fingerprint density at radius 3 is 2.68 bits per heavy atom. The van der Waals surface area contributed by atoms with Crippen LogP contribution in [0.1, 0.15) is 26.7 Å². The molecule has 1 saturated heterocycles. The number of ether oxygens (including phenoxy) is 3. The number of rotatable bonds is 9. The van der Waals surface area contributed by atoms with E-state index in [1.54, 1.807) is 0 Å². The Morgan fingerprint density at radius 2 is 1.96 bits per heavy atom. The van der Waals surface area contributed by atoms with Gasteiger partial charge in [-0.05, 0) is 63.1 Å². The van der Waals surface area contributed by atoms with E-state index in [4.69, 9.17) is 14.2 Å². The van der Waals surface area contributed by atoms with E-state index in [9.17, 15) is 4.79 Å². The molecule has 0 aliphatic carbocycles. The summed E-state index contributed by atoms with van der Waals surface area (Å²) in [6.45, 7) is 5.42. The zero-order valence-corrected chi connectivity index (χ0v) is 16.4. The van der Waals surface area contributed by atoms with Gasteiger partial charge in [-0.25, -0.2) is 0 Å². The third-order valence-electron chi connectivity index (χ3n) is 4.29. The molecule has 1 unspecified atom stereocenters. The first-order chi connectivity index (χ1) is 13.6. The van der Waals surface area contributed by atoms with Crippen LogP contribution in [0.3, 0.4) is 0 Å². The van der Waals surface area contributed by atoms with Crippen LogP contribution >= 0.6 is 0 Å². The van der Waals surface area contributed by atoms with Gasteiger partial charge in [0.05, 0.1) is 24.4 Å². The summed E-state index contributed by atoms with van der Waals surface area (Å²) in [5.74, 6) is 1.37. The van der Waals surface area contributed by atoms with Crippen LogP contribution < -0.4 is 20.1 Å². The fraction of sp³-hybridized carbons (Fsp3) is 0.409. The molecule has 0 saturated carbocycles. The fourth-order valence-electron chi connectivity index (χ4n) is 2.97. The lowest BCUT2D eigenvalue weighted by molar-refractivity contribution is -0.114. The number of carbonyl (C=O) groups excluding carboxylic acids is 1. The number of carbonyl (C=O) groups is 1. The minimum atomic E-state index is -0.133. The molecule has 6 heteroatoms. The van der Waals surface area contributed by atoms with Crippen molar-refractivity contribution in [1.82, 2.24) is 0 Å². The van der Waals surface area contributed by atoms with E-state index in [2.05, 4.69) is 10.6 Å². The molecule has 1 amide bonds. The molecule has 0 radical (unpaired) electrons. The van der Waals surface area contributed by atoms with Gasteiger partial charge in [-0.2, -0.15) is 0 Å². The van der Waals surface area contributed by atoms with Crippen molar-refractivity contribution in [3.8, 4) is 11.5 Å². The van der Waals surface area contributed by atoms with Crippen molar-refractivity contribution in [2.24, 2.45) is 0 Å². The minimum Gasteiger partial charge on any atom is -0.491 e. The van der Waals surface area contributed by atoms with E-state index in [1.807, 2.05) is 62.4 Å². The topological polar surface area (TPSA) is 68.8 Å². The van der Waals surface area contributed by atoms with Crippen molar-refractivity contribution in [2.45, 2.75) is 38.9 Å². The molecule has 1 fully saturated rings. The summed E-state index contributed by atoms with van der Waals surface area (Å²) in [5.41, 5.74) is 1.52. The Bertz CT molecular complexity index is 755. The predicted molar refractivity (Wildman–Crippen MR) is 110 cm³/mol. The monoisotopic (exact) mass is 384 g/mol. The third kappa shape index (κ3) is 6.16.